The van der Waals surface area contributed by atoms with Crippen LogP contribution < -0.4 is 16.0 Å². The second-order valence-corrected chi connectivity index (χ2v) is 5.13. The van der Waals surface area contributed by atoms with Crippen molar-refractivity contribution in [1.29, 1.82) is 10.5 Å². The van der Waals surface area contributed by atoms with Crippen molar-refractivity contribution in [2.45, 2.75) is 0 Å². The molecule has 25 heavy (non-hydrogen) atoms. The number of hydrogen-bond donors (Lipinski definition) is 2. The highest BCUT2D eigenvalue weighted by atomic mass is 16.5. The molecule has 1 aromatic heterocycles. The minimum atomic E-state index is -0.650. The third-order valence-corrected chi connectivity index (χ3v) is 3.60. The lowest BCUT2D eigenvalue weighted by molar-refractivity contribution is 0.484. The number of pyridine rings is 1. The second-order valence-electron chi connectivity index (χ2n) is 5.13. The van der Waals surface area contributed by atoms with Gasteiger partial charge in [0, 0.05) is 11.1 Å². The van der Waals surface area contributed by atoms with E-state index in [0.717, 1.165) is 0 Å². The summed E-state index contributed by atoms with van der Waals surface area (Å²) in [5, 5.41) is 18.8. The fourth-order valence-corrected chi connectivity index (χ4v) is 2.49. The SMILES string of the molecule is N#Cc1c(N)[nH]c(=O)c(C#N)c1-c1ccccc1Oc1ccccc1. The van der Waals surface area contributed by atoms with Crippen LogP contribution >= 0.6 is 0 Å². The van der Waals surface area contributed by atoms with Gasteiger partial charge < -0.3 is 15.5 Å². The summed E-state index contributed by atoms with van der Waals surface area (Å²) in [6, 6.07) is 19.7. The summed E-state index contributed by atoms with van der Waals surface area (Å²) in [4.78, 5) is 14.4. The Morgan fingerprint density at radius 1 is 0.920 bits per heavy atom. The first-order valence-corrected chi connectivity index (χ1v) is 7.34. The van der Waals surface area contributed by atoms with E-state index in [1.54, 1.807) is 36.4 Å². The van der Waals surface area contributed by atoms with Gasteiger partial charge in [0.2, 0.25) is 0 Å². The first-order chi connectivity index (χ1) is 12.2. The van der Waals surface area contributed by atoms with Gasteiger partial charge in [-0.3, -0.25) is 4.79 Å². The molecule has 6 heteroatoms. The molecule has 0 saturated carbocycles. The van der Waals surface area contributed by atoms with Gasteiger partial charge in [-0.1, -0.05) is 36.4 Å². The molecular weight excluding hydrogens is 316 g/mol. The molecule has 0 aliphatic rings. The standard InChI is InChI=1S/C19H12N4O2/c20-10-14-17(15(11-21)19(24)23-18(14)22)13-8-4-5-9-16(13)25-12-6-2-1-3-7-12/h1-9H,(H3,22,23,24). The van der Waals surface area contributed by atoms with Crippen LogP contribution in [0.25, 0.3) is 11.1 Å². The number of benzene rings is 2. The lowest BCUT2D eigenvalue weighted by Gasteiger charge is -2.14. The molecule has 0 atom stereocenters. The van der Waals surface area contributed by atoms with Crippen molar-refractivity contribution in [2.24, 2.45) is 0 Å². The topological polar surface area (TPSA) is 116 Å². The number of H-pyrrole nitrogens is 1. The van der Waals surface area contributed by atoms with E-state index in [0.29, 0.717) is 17.1 Å². The average Bonchev–Trinajstić information content (AvgIpc) is 2.62. The highest BCUT2D eigenvalue weighted by Gasteiger charge is 2.21. The van der Waals surface area contributed by atoms with Gasteiger partial charge >= 0.3 is 0 Å². The molecule has 3 N–H and O–H groups in total. The number of hydrogen-bond acceptors (Lipinski definition) is 5. The first kappa shape index (κ1) is 15.9. The largest absolute Gasteiger partial charge is 0.457 e. The van der Waals surface area contributed by atoms with Crippen LogP contribution in [0, 0.1) is 22.7 Å². The molecule has 0 bridgehead atoms. The lowest BCUT2D eigenvalue weighted by Crippen LogP contribution is -2.16. The highest BCUT2D eigenvalue weighted by Crippen LogP contribution is 2.37. The summed E-state index contributed by atoms with van der Waals surface area (Å²) >= 11 is 0. The number of nitrogens with two attached hydrogens (primary N) is 1. The zero-order valence-electron chi connectivity index (χ0n) is 13.0. The Kier molecular flexibility index (Phi) is 4.19. The van der Waals surface area contributed by atoms with Crippen molar-refractivity contribution < 1.29 is 4.74 Å². The van der Waals surface area contributed by atoms with E-state index in [1.807, 2.05) is 30.3 Å². The Morgan fingerprint density at radius 2 is 1.56 bits per heavy atom. The third kappa shape index (κ3) is 2.92. The van der Waals surface area contributed by atoms with Crippen molar-refractivity contribution >= 4 is 5.82 Å². The number of anilines is 1. The van der Waals surface area contributed by atoms with Gasteiger partial charge in [0.05, 0.1) is 0 Å². The van der Waals surface area contributed by atoms with Gasteiger partial charge in [0.15, 0.2) is 0 Å². The quantitative estimate of drug-likeness (QED) is 0.766. The van der Waals surface area contributed by atoms with E-state index >= 15 is 0 Å². The number of aromatic amines is 1. The monoisotopic (exact) mass is 328 g/mol. The fourth-order valence-electron chi connectivity index (χ4n) is 2.49. The van der Waals surface area contributed by atoms with Crippen molar-refractivity contribution in [3.8, 4) is 34.8 Å². The second kappa shape index (κ2) is 6.61. The predicted octanol–water partition coefficient (Wildman–Crippen LogP) is 3.16. The number of nitrogens with one attached hydrogen (secondary N) is 1. The van der Waals surface area contributed by atoms with Gasteiger partial charge in [-0.05, 0) is 18.2 Å². The van der Waals surface area contributed by atoms with Gasteiger partial charge in [0.1, 0.15) is 40.6 Å². The summed E-state index contributed by atoms with van der Waals surface area (Å²) < 4.78 is 5.87. The molecule has 120 valence electrons. The molecule has 1 heterocycles. The van der Waals surface area contributed by atoms with Gasteiger partial charge in [0.25, 0.3) is 5.56 Å². The Balaban J connectivity index is 2.27. The molecule has 0 spiro atoms. The van der Waals surface area contributed by atoms with Crippen LogP contribution in [0.3, 0.4) is 0 Å². The molecule has 6 nitrogen and oxygen atoms in total. The molecular formula is C19H12N4O2. The maximum Gasteiger partial charge on any atom is 0.268 e. The van der Waals surface area contributed by atoms with Crippen LogP contribution in [0.4, 0.5) is 5.82 Å². The van der Waals surface area contributed by atoms with Crippen molar-refractivity contribution in [1.82, 2.24) is 4.98 Å². The Labute approximate surface area is 143 Å². The summed E-state index contributed by atoms with van der Waals surface area (Å²) in [6.45, 7) is 0. The fraction of sp³-hybridized carbons (Fsp3) is 0. The van der Waals surface area contributed by atoms with Crippen molar-refractivity contribution in [3.63, 3.8) is 0 Å². The van der Waals surface area contributed by atoms with E-state index in [9.17, 15) is 15.3 Å². The molecule has 3 rings (SSSR count). The average molecular weight is 328 g/mol. The maximum atomic E-state index is 12.1. The van der Waals surface area contributed by atoms with E-state index in [-0.39, 0.29) is 22.5 Å². The number of ether oxygens (including phenoxy) is 1. The van der Waals surface area contributed by atoms with Crippen LogP contribution in [0.2, 0.25) is 0 Å². The van der Waals surface area contributed by atoms with Crippen molar-refractivity contribution in [3.05, 3.63) is 76.1 Å². The predicted molar refractivity (Wildman–Crippen MR) is 92.9 cm³/mol. The minimum Gasteiger partial charge on any atom is -0.457 e. The van der Waals surface area contributed by atoms with Crippen LogP contribution in [0.15, 0.2) is 59.4 Å². The zero-order chi connectivity index (χ0) is 17.8. The summed E-state index contributed by atoms with van der Waals surface area (Å²) in [6.07, 6.45) is 0. The molecule has 0 aliphatic heterocycles. The molecule has 0 fully saturated rings. The number of nitrogen functional groups attached to an aromatic ring is 1. The van der Waals surface area contributed by atoms with Gasteiger partial charge in [-0.25, -0.2) is 0 Å². The van der Waals surface area contributed by atoms with Gasteiger partial charge in [-0.15, -0.1) is 0 Å². The van der Waals surface area contributed by atoms with E-state index < -0.39 is 5.56 Å². The Bertz CT molecular complexity index is 1070. The smallest absolute Gasteiger partial charge is 0.268 e. The maximum absolute atomic E-state index is 12.1. The van der Waals surface area contributed by atoms with Crippen molar-refractivity contribution in [2.75, 3.05) is 5.73 Å². The summed E-state index contributed by atoms with van der Waals surface area (Å²) in [7, 11) is 0. The molecule has 2 aromatic carbocycles. The molecule has 0 unspecified atom stereocenters. The molecule has 0 amide bonds. The Morgan fingerprint density at radius 3 is 2.24 bits per heavy atom. The van der Waals surface area contributed by atoms with Gasteiger partial charge in [-0.2, -0.15) is 10.5 Å². The van der Waals surface area contributed by atoms with Crippen LogP contribution in [0.1, 0.15) is 11.1 Å². The molecule has 3 aromatic rings. The number of nitriles is 2. The van der Waals surface area contributed by atoms with Crippen LogP contribution in [-0.2, 0) is 0 Å². The van der Waals surface area contributed by atoms with Crippen LogP contribution in [0.5, 0.6) is 11.5 Å². The Hall–Kier alpha value is -4.03. The van der Waals surface area contributed by atoms with E-state index in [4.69, 9.17) is 10.5 Å². The zero-order valence-corrected chi connectivity index (χ0v) is 13.0. The summed E-state index contributed by atoms with van der Waals surface area (Å²) in [5.41, 5.74) is 5.57. The number of rotatable bonds is 3. The van der Waals surface area contributed by atoms with E-state index in [1.165, 1.54) is 0 Å². The number of nitrogens with zero attached hydrogens (tertiary/aromatic N) is 2. The molecule has 0 saturated heterocycles. The molecule has 0 radical (unpaired) electrons. The summed E-state index contributed by atoms with van der Waals surface area (Å²) in [5.74, 6) is 0.910. The third-order valence-electron chi connectivity index (χ3n) is 3.60. The number of para-hydroxylation sites is 2. The normalized spacial score (nSPS) is 9.84. The first-order valence-electron chi connectivity index (χ1n) is 7.34. The van der Waals surface area contributed by atoms with Crippen LogP contribution in [-0.4, -0.2) is 4.98 Å². The van der Waals surface area contributed by atoms with E-state index in [2.05, 4.69) is 4.98 Å². The molecule has 0 aliphatic carbocycles. The lowest BCUT2D eigenvalue weighted by atomic mass is 9.96. The minimum absolute atomic E-state index is 0.0280. The number of aromatic nitrogens is 1. The highest BCUT2D eigenvalue weighted by molar-refractivity contribution is 5.83.